The van der Waals surface area contributed by atoms with Crippen molar-refractivity contribution in [2.75, 3.05) is 6.61 Å². The van der Waals surface area contributed by atoms with Crippen LogP contribution in [0.1, 0.15) is 12.5 Å². The lowest BCUT2D eigenvalue weighted by molar-refractivity contribution is -0.509. The Labute approximate surface area is 109 Å². The van der Waals surface area contributed by atoms with Gasteiger partial charge < -0.3 is 9.57 Å². The Morgan fingerprint density at radius 2 is 2.16 bits per heavy atom. The van der Waals surface area contributed by atoms with Crippen LogP contribution in [0.2, 0.25) is 0 Å². The third-order valence-corrected chi connectivity index (χ3v) is 2.65. The molecule has 0 bridgehead atoms. The van der Waals surface area contributed by atoms with Crippen LogP contribution in [0.5, 0.6) is 0 Å². The standard InChI is InChI=1S/C12H12N2O5/c1-2-18-12(15)11-10(14(16)17)9(13-19-11)8-6-4-3-5-7-8/h3-7,10-11H,2H2,1H3. The molecule has 7 heteroatoms. The Morgan fingerprint density at radius 3 is 2.74 bits per heavy atom. The van der Waals surface area contributed by atoms with Gasteiger partial charge in [0.2, 0.25) is 0 Å². The third kappa shape index (κ3) is 2.54. The summed E-state index contributed by atoms with van der Waals surface area (Å²) in [6.45, 7) is 1.75. The zero-order chi connectivity index (χ0) is 13.8. The second-order valence-electron chi connectivity index (χ2n) is 3.85. The van der Waals surface area contributed by atoms with Crippen LogP contribution in [-0.2, 0) is 14.4 Å². The molecule has 1 aliphatic heterocycles. The van der Waals surface area contributed by atoms with Crippen LogP contribution in [0.25, 0.3) is 0 Å². The maximum absolute atomic E-state index is 11.6. The number of rotatable bonds is 4. The van der Waals surface area contributed by atoms with Crippen molar-refractivity contribution >= 4 is 11.7 Å². The number of carbonyl (C=O) groups is 1. The van der Waals surface area contributed by atoms with Crippen molar-refractivity contribution < 1.29 is 19.3 Å². The number of carbonyl (C=O) groups excluding carboxylic acids is 1. The lowest BCUT2D eigenvalue weighted by Gasteiger charge is -2.10. The quantitative estimate of drug-likeness (QED) is 0.459. The second kappa shape index (κ2) is 5.47. The zero-order valence-electron chi connectivity index (χ0n) is 10.2. The number of hydrogen-bond acceptors (Lipinski definition) is 6. The molecule has 1 aromatic rings. The van der Waals surface area contributed by atoms with Gasteiger partial charge in [-0.2, -0.15) is 0 Å². The van der Waals surface area contributed by atoms with Gasteiger partial charge in [-0.15, -0.1) is 0 Å². The number of nitrogens with zero attached hydrogens (tertiary/aromatic N) is 2. The topological polar surface area (TPSA) is 91.0 Å². The highest BCUT2D eigenvalue weighted by molar-refractivity contribution is 6.06. The van der Waals surface area contributed by atoms with Crippen LogP contribution in [-0.4, -0.2) is 35.4 Å². The van der Waals surface area contributed by atoms with Crippen LogP contribution in [0.15, 0.2) is 35.5 Å². The molecule has 2 atom stereocenters. The van der Waals surface area contributed by atoms with Crippen molar-refractivity contribution in [3.05, 3.63) is 46.0 Å². The number of oxime groups is 1. The molecule has 0 amide bonds. The van der Waals surface area contributed by atoms with Crippen LogP contribution >= 0.6 is 0 Å². The van der Waals surface area contributed by atoms with Crippen LogP contribution < -0.4 is 0 Å². The van der Waals surface area contributed by atoms with Gasteiger partial charge in [-0.25, -0.2) is 4.79 Å². The number of benzene rings is 1. The van der Waals surface area contributed by atoms with Crippen molar-refractivity contribution in [3.63, 3.8) is 0 Å². The molecule has 1 heterocycles. The number of nitro groups is 1. The molecule has 0 aliphatic carbocycles. The van der Waals surface area contributed by atoms with Gasteiger partial charge in [-0.3, -0.25) is 10.1 Å². The molecule has 2 rings (SSSR count). The van der Waals surface area contributed by atoms with Gasteiger partial charge in [-0.05, 0) is 6.92 Å². The number of hydrogen-bond donors (Lipinski definition) is 0. The molecule has 0 aromatic heterocycles. The van der Waals surface area contributed by atoms with E-state index in [9.17, 15) is 14.9 Å². The van der Waals surface area contributed by atoms with Crippen molar-refractivity contribution in [1.29, 1.82) is 0 Å². The van der Waals surface area contributed by atoms with E-state index in [1.54, 1.807) is 37.3 Å². The molecule has 0 saturated heterocycles. The van der Waals surface area contributed by atoms with Crippen LogP contribution in [0, 0.1) is 10.1 Å². The molecule has 0 fully saturated rings. The summed E-state index contributed by atoms with van der Waals surface area (Å²) >= 11 is 0. The summed E-state index contributed by atoms with van der Waals surface area (Å²) in [4.78, 5) is 27.1. The first-order chi connectivity index (χ1) is 9.15. The third-order valence-electron chi connectivity index (χ3n) is 2.65. The van der Waals surface area contributed by atoms with Crippen molar-refractivity contribution in [1.82, 2.24) is 0 Å². The summed E-state index contributed by atoms with van der Waals surface area (Å²) in [5, 5.41) is 14.8. The Hall–Kier alpha value is -2.44. The highest BCUT2D eigenvalue weighted by atomic mass is 16.7. The van der Waals surface area contributed by atoms with E-state index >= 15 is 0 Å². The average molecular weight is 264 g/mol. The smallest absolute Gasteiger partial charge is 0.358 e. The van der Waals surface area contributed by atoms with E-state index in [2.05, 4.69) is 5.16 Å². The fraction of sp³-hybridized carbons (Fsp3) is 0.333. The van der Waals surface area contributed by atoms with Crippen molar-refractivity contribution in [3.8, 4) is 0 Å². The minimum absolute atomic E-state index is 0.128. The van der Waals surface area contributed by atoms with E-state index in [1.165, 1.54) is 0 Å². The normalized spacial score (nSPS) is 21.4. The van der Waals surface area contributed by atoms with Crippen molar-refractivity contribution in [2.45, 2.75) is 19.1 Å². The molecule has 0 N–H and O–H groups in total. The van der Waals surface area contributed by atoms with E-state index in [4.69, 9.17) is 9.57 Å². The highest BCUT2D eigenvalue weighted by Crippen LogP contribution is 2.20. The van der Waals surface area contributed by atoms with Gasteiger partial charge in [0.1, 0.15) is 0 Å². The predicted molar refractivity (Wildman–Crippen MR) is 65.3 cm³/mol. The van der Waals surface area contributed by atoms with Crippen LogP contribution in [0.3, 0.4) is 0 Å². The summed E-state index contributed by atoms with van der Waals surface area (Å²) in [7, 11) is 0. The van der Waals surface area contributed by atoms with Crippen LogP contribution in [0.4, 0.5) is 0 Å². The highest BCUT2D eigenvalue weighted by Gasteiger charge is 2.49. The molecular formula is C12H12N2O5. The van der Waals surface area contributed by atoms with Gasteiger partial charge in [0.25, 0.3) is 6.10 Å². The molecule has 0 radical (unpaired) electrons. The van der Waals surface area contributed by atoms with E-state index in [0.717, 1.165) is 0 Å². The largest absolute Gasteiger partial charge is 0.463 e. The Morgan fingerprint density at radius 1 is 1.47 bits per heavy atom. The first-order valence-corrected chi connectivity index (χ1v) is 5.74. The molecule has 100 valence electrons. The lowest BCUT2D eigenvalue weighted by atomic mass is 10.0. The van der Waals surface area contributed by atoms with E-state index in [0.29, 0.717) is 5.56 Å². The second-order valence-corrected chi connectivity index (χ2v) is 3.85. The Kier molecular flexibility index (Phi) is 3.74. The number of ether oxygens (including phenoxy) is 1. The minimum atomic E-state index is -1.35. The zero-order valence-corrected chi connectivity index (χ0v) is 10.2. The SMILES string of the molecule is CCOC(=O)C1ON=C(c2ccccc2)C1[N+](=O)[O-]. The molecular weight excluding hydrogens is 252 g/mol. The Balaban J connectivity index is 2.27. The molecule has 7 nitrogen and oxygen atoms in total. The first-order valence-electron chi connectivity index (χ1n) is 5.74. The molecule has 1 aliphatic rings. The maximum Gasteiger partial charge on any atom is 0.358 e. The molecule has 0 saturated carbocycles. The summed E-state index contributed by atoms with van der Waals surface area (Å²) in [5.74, 6) is -0.779. The summed E-state index contributed by atoms with van der Waals surface area (Å²) in [6, 6.07) is 7.24. The van der Waals surface area contributed by atoms with Gasteiger partial charge >= 0.3 is 12.0 Å². The maximum atomic E-state index is 11.6. The summed E-state index contributed by atoms with van der Waals surface area (Å²) in [5.41, 5.74) is 0.680. The van der Waals surface area contributed by atoms with Gasteiger partial charge in [0.15, 0.2) is 5.71 Å². The van der Waals surface area contributed by atoms with E-state index in [-0.39, 0.29) is 12.3 Å². The predicted octanol–water partition coefficient (Wildman–Crippen LogP) is 0.998. The van der Waals surface area contributed by atoms with E-state index < -0.39 is 23.0 Å². The first kappa shape index (κ1) is 13.0. The monoisotopic (exact) mass is 264 g/mol. The molecule has 1 aromatic carbocycles. The van der Waals surface area contributed by atoms with Gasteiger partial charge in [0, 0.05) is 10.5 Å². The lowest BCUT2D eigenvalue weighted by Crippen LogP contribution is -2.43. The molecule has 2 unspecified atom stereocenters. The Bertz CT molecular complexity index is 514. The number of esters is 1. The summed E-state index contributed by atoms with van der Waals surface area (Å²) in [6.07, 6.45) is -1.33. The van der Waals surface area contributed by atoms with Gasteiger partial charge in [0.05, 0.1) is 6.61 Å². The fourth-order valence-corrected chi connectivity index (χ4v) is 1.81. The summed E-state index contributed by atoms with van der Waals surface area (Å²) < 4.78 is 4.75. The average Bonchev–Trinajstić information content (AvgIpc) is 2.85. The van der Waals surface area contributed by atoms with E-state index in [1.807, 2.05) is 0 Å². The van der Waals surface area contributed by atoms with Gasteiger partial charge in [-0.1, -0.05) is 35.5 Å². The fourth-order valence-electron chi connectivity index (χ4n) is 1.81. The minimum Gasteiger partial charge on any atom is -0.463 e. The molecule has 0 spiro atoms. The van der Waals surface area contributed by atoms with Crippen molar-refractivity contribution in [2.24, 2.45) is 5.16 Å². The molecule has 19 heavy (non-hydrogen) atoms.